The van der Waals surface area contributed by atoms with Gasteiger partial charge in [-0.3, -0.25) is 10.1 Å². The number of carbonyl (C=O) groups is 2. The molecule has 0 spiro atoms. The molecule has 2 N–H and O–H groups in total. The number of nitrogens with one attached hydrogen (secondary N) is 1. The largest absolute Gasteiger partial charge is 0.481 e. The van der Waals surface area contributed by atoms with Crippen molar-refractivity contribution >= 4 is 11.9 Å². The fourth-order valence-corrected chi connectivity index (χ4v) is 2.77. The normalized spacial score (nSPS) is 11.7. The summed E-state index contributed by atoms with van der Waals surface area (Å²) in [5.74, 6) is -0.735. The minimum Gasteiger partial charge on any atom is -0.481 e. The van der Waals surface area contributed by atoms with Crippen LogP contribution in [0.4, 0.5) is 0 Å². The van der Waals surface area contributed by atoms with E-state index in [4.69, 9.17) is 4.74 Å². The molecule has 6 nitrogen and oxygen atoms in total. The lowest BCUT2D eigenvalue weighted by molar-refractivity contribution is -0.143. The van der Waals surface area contributed by atoms with Gasteiger partial charge in [-0.05, 0) is 36.1 Å². The van der Waals surface area contributed by atoms with Crippen LogP contribution in [0.5, 0.6) is 5.75 Å². The summed E-state index contributed by atoms with van der Waals surface area (Å²) in [6.45, 7) is 4.01. The highest BCUT2D eigenvalue weighted by molar-refractivity contribution is 5.75. The fourth-order valence-electron chi connectivity index (χ4n) is 2.77. The summed E-state index contributed by atoms with van der Waals surface area (Å²) < 4.78 is 10.1. The Labute approximate surface area is 152 Å². The van der Waals surface area contributed by atoms with E-state index in [9.17, 15) is 14.7 Å². The van der Waals surface area contributed by atoms with Gasteiger partial charge in [-0.25, -0.2) is 4.79 Å². The van der Waals surface area contributed by atoms with Gasteiger partial charge in [-0.1, -0.05) is 42.5 Å². The van der Waals surface area contributed by atoms with Gasteiger partial charge >= 0.3 is 11.9 Å². The Morgan fingerprint density at radius 1 is 1.12 bits per heavy atom. The molecule has 0 fully saturated rings. The second kappa shape index (κ2) is 9.01. The molecule has 2 rings (SSSR count). The Bertz CT molecular complexity index is 750. The minimum absolute atomic E-state index is 0.148. The molecule has 0 radical (unpaired) electrons. The Kier molecular flexibility index (Phi) is 6.74. The van der Waals surface area contributed by atoms with Gasteiger partial charge in [0, 0.05) is 6.54 Å². The lowest BCUT2D eigenvalue weighted by atomic mass is 10.0. The highest BCUT2D eigenvalue weighted by Gasteiger charge is 2.19. The Morgan fingerprint density at radius 2 is 1.73 bits per heavy atom. The third-order valence-corrected chi connectivity index (χ3v) is 3.97. The molecule has 0 aliphatic heterocycles. The second-order valence-electron chi connectivity index (χ2n) is 5.99. The van der Waals surface area contributed by atoms with Crippen LogP contribution >= 0.6 is 0 Å². The summed E-state index contributed by atoms with van der Waals surface area (Å²) in [6, 6.07) is 12.1. The van der Waals surface area contributed by atoms with E-state index in [1.165, 1.54) is 7.11 Å². The zero-order valence-corrected chi connectivity index (χ0v) is 15.1. The van der Waals surface area contributed by atoms with Gasteiger partial charge in [0.25, 0.3) is 0 Å². The number of hydrogen-bond acceptors (Lipinski definition) is 5. The maximum Gasteiger partial charge on any atom is 0.343 e. The monoisotopic (exact) mass is 357 g/mol. The van der Waals surface area contributed by atoms with E-state index in [1.807, 2.05) is 44.2 Å². The molecule has 138 valence electrons. The molecule has 1 atom stereocenters. The zero-order valence-electron chi connectivity index (χ0n) is 15.1. The van der Waals surface area contributed by atoms with Gasteiger partial charge in [0.05, 0.1) is 7.11 Å². The van der Waals surface area contributed by atoms with Gasteiger partial charge in [0.1, 0.15) is 11.8 Å². The summed E-state index contributed by atoms with van der Waals surface area (Å²) in [5.41, 5.74) is 3.38. The van der Waals surface area contributed by atoms with Gasteiger partial charge in [-0.2, -0.15) is 0 Å². The van der Waals surface area contributed by atoms with Gasteiger partial charge in [-0.15, -0.1) is 0 Å². The molecule has 0 saturated carbocycles. The first kappa shape index (κ1) is 19.5. The summed E-state index contributed by atoms with van der Waals surface area (Å²) in [5, 5.41) is 12.5. The molecule has 0 bridgehead atoms. The fraction of sp³-hybridized carbons (Fsp3) is 0.300. The SMILES string of the molecule is COC(=O)COc1c(C)cc(CN[C@H](C(=O)O)c2ccccc2)cc1C. The van der Waals surface area contributed by atoms with Crippen molar-refractivity contribution in [2.75, 3.05) is 13.7 Å². The van der Waals surface area contributed by atoms with E-state index < -0.39 is 18.0 Å². The van der Waals surface area contributed by atoms with E-state index in [0.717, 1.165) is 16.7 Å². The summed E-state index contributed by atoms with van der Waals surface area (Å²) >= 11 is 0. The molecule has 0 aliphatic carbocycles. The van der Waals surface area contributed by atoms with Crippen LogP contribution in [0.15, 0.2) is 42.5 Å². The third kappa shape index (κ3) is 5.07. The smallest absolute Gasteiger partial charge is 0.343 e. The molecule has 0 unspecified atom stereocenters. The molecule has 2 aromatic rings. The Balaban J connectivity index is 2.09. The first-order chi connectivity index (χ1) is 12.4. The van der Waals surface area contributed by atoms with Crippen LogP contribution in [0.2, 0.25) is 0 Å². The van der Waals surface area contributed by atoms with Crippen molar-refractivity contribution < 1.29 is 24.2 Å². The molecule has 0 amide bonds. The Morgan fingerprint density at radius 3 is 2.27 bits per heavy atom. The van der Waals surface area contributed by atoms with Crippen LogP contribution in [0.3, 0.4) is 0 Å². The predicted octanol–water partition coefficient (Wildman–Crippen LogP) is 2.77. The topological polar surface area (TPSA) is 84.9 Å². The molecule has 6 heteroatoms. The number of hydrogen-bond donors (Lipinski definition) is 2. The van der Waals surface area contributed by atoms with Crippen LogP contribution in [-0.2, 0) is 20.9 Å². The molecule has 0 aliphatic rings. The van der Waals surface area contributed by atoms with E-state index >= 15 is 0 Å². The summed E-state index contributed by atoms with van der Waals surface area (Å²) in [7, 11) is 1.31. The van der Waals surface area contributed by atoms with Crippen molar-refractivity contribution in [1.82, 2.24) is 5.32 Å². The third-order valence-electron chi connectivity index (χ3n) is 3.97. The average Bonchev–Trinajstić information content (AvgIpc) is 2.61. The number of benzene rings is 2. The highest BCUT2D eigenvalue weighted by atomic mass is 16.6. The molecule has 26 heavy (non-hydrogen) atoms. The van der Waals surface area contributed by atoms with Gasteiger partial charge in [0.15, 0.2) is 6.61 Å². The van der Waals surface area contributed by atoms with Crippen molar-refractivity contribution in [3.8, 4) is 5.75 Å². The highest BCUT2D eigenvalue weighted by Crippen LogP contribution is 2.25. The van der Waals surface area contributed by atoms with Crippen molar-refractivity contribution in [3.63, 3.8) is 0 Å². The number of carboxylic acids is 1. The van der Waals surface area contributed by atoms with E-state index in [0.29, 0.717) is 17.9 Å². The van der Waals surface area contributed by atoms with Gasteiger partial charge < -0.3 is 14.6 Å². The molecule has 2 aromatic carbocycles. The molecule has 0 aromatic heterocycles. The van der Waals surface area contributed by atoms with Crippen molar-refractivity contribution in [2.24, 2.45) is 0 Å². The number of methoxy groups -OCH3 is 1. The summed E-state index contributed by atoms with van der Waals surface area (Å²) in [6.07, 6.45) is 0. The van der Waals surface area contributed by atoms with Crippen LogP contribution in [0, 0.1) is 13.8 Å². The van der Waals surface area contributed by atoms with Crippen molar-refractivity contribution in [1.29, 1.82) is 0 Å². The molecule has 0 saturated heterocycles. The number of ether oxygens (including phenoxy) is 2. The Hall–Kier alpha value is -2.86. The number of esters is 1. The predicted molar refractivity (Wildman–Crippen MR) is 97.1 cm³/mol. The minimum atomic E-state index is -0.928. The number of carboxylic acid groups (broad SMARTS) is 1. The van der Waals surface area contributed by atoms with Crippen LogP contribution < -0.4 is 10.1 Å². The van der Waals surface area contributed by atoms with Crippen molar-refractivity contribution in [2.45, 2.75) is 26.4 Å². The van der Waals surface area contributed by atoms with Gasteiger partial charge in [0.2, 0.25) is 0 Å². The first-order valence-corrected chi connectivity index (χ1v) is 8.23. The van der Waals surface area contributed by atoms with Crippen LogP contribution in [0.25, 0.3) is 0 Å². The van der Waals surface area contributed by atoms with E-state index in [-0.39, 0.29) is 6.61 Å². The van der Waals surface area contributed by atoms with Crippen molar-refractivity contribution in [3.05, 3.63) is 64.7 Å². The number of rotatable bonds is 8. The lowest BCUT2D eigenvalue weighted by Gasteiger charge is -2.17. The number of carbonyl (C=O) groups excluding carboxylic acids is 1. The summed E-state index contributed by atoms with van der Waals surface area (Å²) in [4.78, 5) is 22.8. The second-order valence-corrected chi connectivity index (χ2v) is 5.99. The standard InChI is InChI=1S/C20H23NO5/c1-13-9-15(10-14(2)19(13)26-12-17(22)25-3)11-21-18(20(23)24)16-7-5-4-6-8-16/h4-10,18,21H,11-12H2,1-3H3,(H,23,24)/t18-/m0/s1. The van der Waals surface area contributed by atoms with Crippen LogP contribution in [0.1, 0.15) is 28.3 Å². The lowest BCUT2D eigenvalue weighted by Crippen LogP contribution is -2.28. The average molecular weight is 357 g/mol. The maximum absolute atomic E-state index is 11.6. The molecular weight excluding hydrogens is 334 g/mol. The number of aliphatic carboxylic acids is 1. The molecule has 0 heterocycles. The maximum atomic E-state index is 11.6. The van der Waals surface area contributed by atoms with E-state index in [2.05, 4.69) is 10.1 Å². The zero-order chi connectivity index (χ0) is 19.1. The first-order valence-electron chi connectivity index (χ1n) is 8.23. The quantitative estimate of drug-likeness (QED) is 0.707. The van der Waals surface area contributed by atoms with E-state index in [1.54, 1.807) is 12.1 Å². The molecular formula is C20H23NO5. The number of aryl methyl sites for hydroxylation is 2. The van der Waals surface area contributed by atoms with Crippen LogP contribution in [-0.4, -0.2) is 30.8 Å².